The molecule has 3 N–H and O–H groups in total. The molecule has 0 bridgehead atoms. The molecule has 1 fully saturated rings. The van der Waals surface area contributed by atoms with E-state index in [0.29, 0.717) is 9.99 Å². The maximum absolute atomic E-state index is 11.6. The molecule has 0 aliphatic carbocycles. The fraction of sp³-hybridized carbons (Fsp3) is 0.556. The summed E-state index contributed by atoms with van der Waals surface area (Å²) >= 11 is 3.19. The molecule has 1 saturated heterocycles. The highest BCUT2D eigenvalue weighted by Gasteiger charge is 2.34. The number of aromatic amines is 1. The minimum atomic E-state index is -0.633. The van der Waals surface area contributed by atoms with E-state index in [1.165, 1.54) is 22.5 Å². The molecule has 0 unspecified atom stereocenters. The summed E-state index contributed by atoms with van der Waals surface area (Å²) in [5.41, 5.74) is -0.896. The van der Waals surface area contributed by atoms with Gasteiger partial charge in [0, 0.05) is 12.6 Å². The lowest BCUT2D eigenvalue weighted by Gasteiger charge is -2.12. The number of thioether (sulfide) groups is 1. The lowest BCUT2D eigenvalue weighted by molar-refractivity contribution is 0.137. The summed E-state index contributed by atoms with van der Waals surface area (Å²) in [6, 6.07) is 0. The van der Waals surface area contributed by atoms with Crippen molar-refractivity contribution >= 4 is 34.4 Å². The largest absolute Gasteiger partial charge is 0.395 e. The molecule has 1 aromatic rings. The van der Waals surface area contributed by atoms with Crippen LogP contribution in [0.25, 0.3) is 0 Å². The number of aliphatic hydroxyl groups is 2. The first-order valence-electron chi connectivity index (χ1n) is 4.98. The van der Waals surface area contributed by atoms with Crippen LogP contribution in [0.5, 0.6) is 0 Å². The average Bonchev–Trinajstić information content (AvgIpc) is 2.65. The van der Waals surface area contributed by atoms with Gasteiger partial charge in [0.15, 0.2) is 0 Å². The SMILES string of the molecule is O=c1[nH]c(=O)n([C@@H]2C[C@H](O)[C@@H](CO)S2)cc1I. The number of rotatable bonds is 2. The second-order valence-electron chi connectivity index (χ2n) is 3.76. The smallest absolute Gasteiger partial charge is 0.329 e. The molecule has 2 rings (SSSR count). The van der Waals surface area contributed by atoms with Crippen LogP contribution in [0.3, 0.4) is 0 Å². The molecule has 0 aromatic carbocycles. The maximum atomic E-state index is 11.6. The minimum absolute atomic E-state index is 0.127. The summed E-state index contributed by atoms with van der Waals surface area (Å²) in [6.45, 7) is -0.127. The molecule has 8 heteroatoms. The van der Waals surface area contributed by atoms with Gasteiger partial charge in [-0.25, -0.2) is 4.79 Å². The molecule has 1 aromatic heterocycles. The Morgan fingerprint density at radius 1 is 1.59 bits per heavy atom. The van der Waals surface area contributed by atoms with Crippen molar-refractivity contribution in [2.45, 2.75) is 23.1 Å². The van der Waals surface area contributed by atoms with Crippen LogP contribution in [0.4, 0.5) is 0 Å². The number of aromatic nitrogens is 2. The lowest BCUT2D eigenvalue weighted by atomic mass is 10.2. The molecule has 0 radical (unpaired) electrons. The first-order chi connectivity index (χ1) is 8.02. The highest BCUT2D eigenvalue weighted by molar-refractivity contribution is 14.1. The lowest BCUT2D eigenvalue weighted by Crippen LogP contribution is -2.32. The van der Waals surface area contributed by atoms with E-state index in [0.717, 1.165) is 0 Å². The van der Waals surface area contributed by atoms with Gasteiger partial charge in [0.2, 0.25) is 0 Å². The van der Waals surface area contributed by atoms with E-state index in [4.69, 9.17) is 5.11 Å². The summed E-state index contributed by atoms with van der Waals surface area (Å²) < 4.78 is 1.82. The van der Waals surface area contributed by atoms with E-state index in [9.17, 15) is 14.7 Å². The molecule has 6 nitrogen and oxygen atoms in total. The van der Waals surface area contributed by atoms with Crippen molar-refractivity contribution in [1.82, 2.24) is 9.55 Å². The van der Waals surface area contributed by atoms with Crippen LogP contribution in [0.15, 0.2) is 15.8 Å². The zero-order valence-corrected chi connectivity index (χ0v) is 11.6. The second kappa shape index (κ2) is 5.12. The van der Waals surface area contributed by atoms with Gasteiger partial charge in [0.05, 0.1) is 26.9 Å². The summed E-state index contributed by atoms with van der Waals surface area (Å²) in [7, 11) is 0. The van der Waals surface area contributed by atoms with Crippen LogP contribution < -0.4 is 11.2 Å². The van der Waals surface area contributed by atoms with E-state index in [-0.39, 0.29) is 17.2 Å². The third-order valence-electron chi connectivity index (χ3n) is 2.62. The topological polar surface area (TPSA) is 95.3 Å². The Hall–Kier alpha value is -0.320. The van der Waals surface area contributed by atoms with Crippen LogP contribution in [-0.2, 0) is 0 Å². The summed E-state index contributed by atoms with van der Waals surface area (Å²) in [4.78, 5) is 25.1. The molecular weight excluding hydrogens is 359 g/mol. The zero-order chi connectivity index (χ0) is 12.6. The number of nitrogens with zero attached hydrogens (tertiary/aromatic N) is 1. The molecule has 1 aliphatic rings. The number of nitrogens with one attached hydrogen (secondary N) is 1. The third-order valence-corrected chi connectivity index (χ3v) is 4.93. The van der Waals surface area contributed by atoms with Gasteiger partial charge in [0.1, 0.15) is 0 Å². The summed E-state index contributed by atoms with van der Waals surface area (Å²) in [5, 5.41) is 18.2. The quantitative estimate of drug-likeness (QED) is 0.610. The Morgan fingerprint density at radius 3 is 2.88 bits per heavy atom. The fourth-order valence-electron chi connectivity index (χ4n) is 1.72. The first kappa shape index (κ1) is 13.1. The van der Waals surface area contributed by atoms with Crippen LogP contribution >= 0.6 is 34.4 Å². The van der Waals surface area contributed by atoms with Crippen molar-refractivity contribution in [3.8, 4) is 0 Å². The number of hydrogen-bond acceptors (Lipinski definition) is 5. The molecule has 94 valence electrons. The molecule has 3 atom stereocenters. The zero-order valence-electron chi connectivity index (χ0n) is 8.67. The molecule has 0 amide bonds. The van der Waals surface area contributed by atoms with E-state index in [1.807, 2.05) is 22.6 Å². The third kappa shape index (κ3) is 2.59. The molecule has 17 heavy (non-hydrogen) atoms. The molecule has 1 aliphatic heterocycles. The van der Waals surface area contributed by atoms with Crippen LogP contribution in [0, 0.1) is 3.57 Å². The van der Waals surface area contributed by atoms with Gasteiger partial charge in [-0.15, -0.1) is 11.8 Å². The van der Waals surface area contributed by atoms with Crippen molar-refractivity contribution < 1.29 is 10.2 Å². The normalized spacial score (nSPS) is 28.5. The van der Waals surface area contributed by atoms with Crippen molar-refractivity contribution in [3.05, 3.63) is 30.6 Å². The highest BCUT2D eigenvalue weighted by atomic mass is 127. The molecule has 0 saturated carbocycles. The van der Waals surface area contributed by atoms with Gasteiger partial charge < -0.3 is 10.2 Å². The van der Waals surface area contributed by atoms with Crippen LogP contribution in [0.1, 0.15) is 11.8 Å². The van der Waals surface area contributed by atoms with Crippen molar-refractivity contribution in [2.24, 2.45) is 0 Å². The van der Waals surface area contributed by atoms with Crippen LogP contribution in [-0.4, -0.2) is 37.7 Å². The molecular formula is C9H11IN2O4S. The number of H-pyrrole nitrogens is 1. The molecule has 0 spiro atoms. The van der Waals surface area contributed by atoms with Gasteiger partial charge in [-0.2, -0.15) is 0 Å². The Labute approximate surface area is 114 Å². The van der Waals surface area contributed by atoms with Crippen molar-refractivity contribution in [1.29, 1.82) is 0 Å². The predicted molar refractivity (Wildman–Crippen MR) is 72.2 cm³/mol. The fourth-order valence-corrected chi connectivity index (χ4v) is 3.54. The van der Waals surface area contributed by atoms with Gasteiger partial charge in [-0.05, 0) is 22.6 Å². The number of aliphatic hydroxyl groups excluding tert-OH is 2. The first-order valence-corrected chi connectivity index (χ1v) is 7.00. The van der Waals surface area contributed by atoms with E-state index < -0.39 is 17.4 Å². The summed E-state index contributed by atoms with van der Waals surface area (Å²) in [5.74, 6) is 0. The van der Waals surface area contributed by atoms with E-state index in [2.05, 4.69) is 4.98 Å². The van der Waals surface area contributed by atoms with Crippen molar-refractivity contribution in [3.63, 3.8) is 0 Å². The Kier molecular flexibility index (Phi) is 3.95. The van der Waals surface area contributed by atoms with Gasteiger partial charge in [0.25, 0.3) is 5.56 Å². The van der Waals surface area contributed by atoms with Gasteiger partial charge >= 0.3 is 5.69 Å². The Balaban J connectivity index is 2.34. The second-order valence-corrected chi connectivity index (χ2v) is 6.34. The van der Waals surface area contributed by atoms with Crippen molar-refractivity contribution in [2.75, 3.05) is 6.61 Å². The minimum Gasteiger partial charge on any atom is -0.395 e. The summed E-state index contributed by atoms with van der Waals surface area (Å²) in [6.07, 6.45) is 1.23. The Bertz CT molecular complexity index is 528. The molecule has 2 heterocycles. The monoisotopic (exact) mass is 370 g/mol. The Morgan fingerprint density at radius 2 is 2.29 bits per heavy atom. The van der Waals surface area contributed by atoms with Crippen LogP contribution in [0.2, 0.25) is 0 Å². The predicted octanol–water partition coefficient (Wildman–Crippen LogP) is -0.502. The van der Waals surface area contributed by atoms with E-state index >= 15 is 0 Å². The standard InChI is InChI=1S/C9H11IN2O4S/c10-4-2-12(9(16)11-8(4)15)7-1-5(14)6(3-13)17-7/h2,5-7,13-14H,1,3H2,(H,11,15,16)/t5-,6+,7-/m0/s1. The average molecular weight is 370 g/mol. The van der Waals surface area contributed by atoms with E-state index in [1.54, 1.807) is 0 Å². The maximum Gasteiger partial charge on any atom is 0.329 e. The van der Waals surface area contributed by atoms with Gasteiger partial charge in [-0.1, -0.05) is 0 Å². The highest BCUT2D eigenvalue weighted by Crippen LogP contribution is 2.40. The number of hydrogen-bond donors (Lipinski definition) is 3. The number of halogens is 1. The van der Waals surface area contributed by atoms with Gasteiger partial charge in [-0.3, -0.25) is 14.3 Å².